The Bertz CT molecular complexity index is 1420. The van der Waals surface area contributed by atoms with Gasteiger partial charge in [-0.15, -0.1) is 0 Å². The monoisotopic (exact) mass is 461 g/mol. The summed E-state index contributed by atoms with van der Waals surface area (Å²) in [5.41, 5.74) is 2.01. The zero-order valence-electron chi connectivity index (χ0n) is 19.1. The van der Waals surface area contributed by atoms with E-state index in [1.165, 1.54) is 9.25 Å². The Balaban J connectivity index is 1.28. The molecule has 9 nitrogen and oxygen atoms in total. The zero-order chi connectivity index (χ0) is 23.7. The maximum Gasteiger partial charge on any atom is 0.420 e. The van der Waals surface area contributed by atoms with E-state index in [9.17, 15) is 14.4 Å². The fraction of sp³-hybridized carbons (Fsp3) is 0.360. The number of para-hydroxylation sites is 2. The number of piperidine rings is 1. The van der Waals surface area contributed by atoms with Crippen LogP contribution in [0.25, 0.3) is 11.1 Å². The second kappa shape index (κ2) is 9.17. The van der Waals surface area contributed by atoms with E-state index in [4.69, 9.17) is 4.42 Å². The van der Waals surface area contributed by atoms with E-state index in [1.54, 1.807) is 27.7 Å². The Morgan fingerprint density at radius 3 is 2.44 bits per heavy atom. The number of fused-ring (bicyclic) bond motifs is 1. The van der Waals surface area contributed by atoms with Crippen LogP contribution >= 0.6 is 0 Å². The van der Waals surface area contributed by atoms with Crippen LogP contribution < -0.4 is 11.4 Å². The maximum absolute atomic E-state index is 12.9. The van der Waals surface area contributed by atoms with Crippen LogP contribution in [0, 0.1) is 0 Å². The van der Waals surface area contributed by atoms with Crippen LogP contribution in [0.15, 0.2) is 68.6 Å². The SMILES string of the molecule is CCn1c(C2CCN(C(=O)Cn3c(=O)oc4ccccc43)CC2)nn(Cc2ccccc2)c1=O. The van der Waals surface area contributed by atoms with Gasteiger partial charge in [0.2, 0.25) is 5.91 Å². The summed E-state index contributed by atoms with van der Waals surface area (Å²) in [6.07, 6.45) is 1.43. The molecule has 0 unspecified atom stereocenters. The molecule has 3 heterocycles. The summed E-state index contributed by atoms with van der Waals surface area (Å²) in [5.74, 6) is 0.244. The predicted octanol–water partition coefficient (Wildman–Crippen LogP) is 2.43. The van der Waals surface area contributed by atoms with Crippen LogP contribution in [0.3, 0.4) is 0 Å². The molecule has 1 aliphatic heterocycles. The molecular weight excluding hydrogens is 434 g/mol. The van der Waals surface area contributed by atoms with E-state index in [2.05, 4.69) is 5.10 Å². The summed E-state index contributed by atoms with van der Waals surface area (Å²) < 4.78 is 9.88. The second-order valence-electron chi connectivity index (χ2n) is 8.61. The van der Waals surface area contributed by atoms with E-state index in [1.807, 2.05) is 43.3 Å². The number of likely N-dealkylation sites (tertiary alicyclic amines) is 1. The highest BCUT2D eigenvalue weighted by atomic mass is 16.4. The van der Waals surface area contributed by atoms with Gasteiger partial charge in [0.05, 0.1) is 12.1 Å². The first kappa shape index (κ1) is 21.9. The zero-order valence-corrected chi connectivity index (χ0v) is 19.1. The smallest absolute Gasteiger partial charge is 0.408 e. The number of benzene rings is 2. The summed E-state index contributed by atoms with van der Waals surface area (Å²) in [7, 11) is 0. The minimum atomic E-state index is -0.527. The lowest BCUT2D eigenvalue weighted by atomic mass is 9.96. The van der Waals surface area contributed by atoms with Crippen molar-refractivity contribution in [3.05, 3.63) is 87.0 Å². The highest BCUT2D eigenvalue weighted by Crippen LogP contribution is 2.26. The van der Waals surface area contributed by atoms with Gasteiger partial charge in [0, 0.05) is 25.6 Å². The van der Waals surface area contributed by atoms with Crippen molar-refractivity contribution in [1.82, 2.24) is 23.8 Å². The molecule has 34 heavy (non-hydrogen) atoms. The van der Waals surface area contributed by atoms with Gasteiger partial charge >= 0.3 is 11.4 Å². The number of nitrogens with zero attached hydrogens (tertiary/aromatic N) is 5. The minimum absolute atomic E-state index is 0.0497. The Hall–Kier alpha value is -3.88. The van der Waals surface area contributed by atoms with Gasteiger partial charge in [0.15, 0.2) is 5.58 Å². The third-order valence-corrected chi connectivity index (χ3v) is 6.52. The molecule has 0 saturated carbocycles. The molecule has 4 aromatic rings. The molecule has 2 aromatic carbocycles. The van der Waals surface area contributed by atoms with Gasteiger partial charge in [-0.3, -0.25) is 13.9 Å². The summed E-state index contributed by atoms with van der Waals surface area (Å²) in [4.78, 5) is 39.8. The molecule has 0 bridgehead atoms. The Morgan fingerprint density at radius 1 is 1.00 bits per heavy atom. The molecule has 0 spiro atoms. The molecule has 0 atom stereocenters. The molecule has 176 valence electrons. The Labute approximate surface area is 195 Å². The number of carbonyl (C=O) groups excluding carboxylic acids is 1. The highest BCUT2D eigenvalue weighted by Gasteiger charge is 2.29. The molecule has 1 saturated heterocycles. The molecule has 1 aliphatic rings. The first-order valence-electron chi connectivity index (χ1n) is 11.6. The topological polar surface area (TPSA) is 95.3 Å². The lowest BCUT2D eigenvalue weighted by Gasteiger charge is -2.31. The average molecular weight is 462 g/mol. The quantitative estimate of drug-likeness (QED) is 0.440. The van der Waals surface area contributed by atoms with E-state index in [0.717, 1.165) is 11.4 Å². The summed E-state index contributed by atoms with van der Waals surface area (Å²) in [6, 6.07) is 16.9. The van der Waals surface area contributed by atoms with E-state index >= 15 is 0 Å². The summed E-state index contributed by atoms with van der Waals surface area (Å²) >= 11 is 0. The van der Waals surface area contributed by atoms with Gasteiger partial charge in [0.1, 0.15) is 12.4 Å². The Kier molecular flexibility index (Phi) is 5.91. The van der Waals surface area contributed by atoms with Gasteiger partial charge in [-0.1, -0.05) is 42.5 Å². The molecular formula is C25H27N5O4. The van der Waals surface area contributed by atoms with Gasteiger partial charge in [-0.25, -0.2) is 14.3 Å². The van der Waals surface area contributed by atoms with Crippen molar-refractivity contribution < 1.29 is 9.21 Å². The molecule has 2 aromatic heterocycles. The van der Waals surface area contributed by atoms with Crippen LogP contribution in [0.2, 0.25) is 0 Å². The maximum atomic E-state index is 12.9. The van der Waals surface area contributed by atoms with Crippen molar-refractivity contribution in [2.45, 2.75) is 45.3 Å². The van der Waals surface area contributed by atoms with E-state index in [-0.39, 0.29) is 24.1 Å². The first-order valence-corrected chi connectivity index (χ1v) is 11.6. The van der Waals surface area contributed by atoms with Gasteiger partial charge < -0.3 is 9.32 Å². The van der Waals surface area contributed by atoms with Crippen LogP contribution in [0.4, 0.5) is 0 Å². The molecule has 1 fully saturated rings. The van der Waals surface area contributed by atoms with Gasteiger partial charge in [-0.05, 0) is 37.5 Å². The normalized spacial score (nSPS) is 14.7. The van der Waals surface area contributed by atoms with Crippen molar-refractivity contribution >= 4 is 17.0 Å². The van der Waals surface area contributed by atoms with Gasteiger partial charge in [-0.2, -0.15) is 5.10 Å². The number of aromatic nitrogens is 4. The van der Waals surface area contributed by atoms with Crippen LogP contribution in [0.5, 0.6) is 0 Å². The number of amides is 1. The molecule has 5 rings (SSSR count). The third-order valence-electron chi connectivity index (χ3n) is 6.52. The lowest BCUT2D eigenvalue weighted by Crippen LogP contribution is -2.41. The third kappa shape index (κ3) is 4.09. The number of hydrogen-bond acceptors (Lipinski definition) is 5. The average Bonchev–Trinajstić information content (AvgIpc) is 3.35. The minimum Gasteiger partial charge on any atom is -0.408 e. The van der Waals surface area contributed by atoms with Crippen molar-refractivity contribution in [2.24, 2.45) is 0 Å². The summed E-state index contributed by atoms with van der Waals surface area (Å²) in [6.45, 7) is 3.99. The first-order chi connectivity index (χ1) is 16.5. The number of hydrogen-bond donors (Lipinski definition) is 0. The van der Waals surface area contributed by atoms with E-state index in [0.29, 0.717) is 50.1 Å². The van der Waals surface area contributed by atoms with Crippen LogP contribution in [0.1, 0.15) is 37.1 Å². The Morgan fingerprint density at radius 2 is 1.71 bits per heavy atom. The number of rotatable bonds is 6. The standard InChI is InChI=1S/C25H27N5O4/c1-2-28-23(26-30(24(28)32)16-18-8-4-3-5-9-18)19-12-14-27(15-13-19)22(31)17-29-20-10-6-7-11-21(20)34-25(29)33/h3-11,19H,2,12-17H2,1H3. The largest absolute Gasteiger partial charge is 0.420 e. The van der Waals surface area contributed by atoms with Crippen LogP contribution in [-0.2, 0) is 24.4 Å². The van der Waals surface area contributed by atoms with Crippen LogP contribution in [-0.4, -0.2) is 42.8 Å². The molecule has 1 amide bonds. The summed E-state index contributed by atoms with van der Waals surface area (Å²) in [5, 5.41) is 4.68. The van der Waals surface area contributed by atoms with Crippen molar-refractivity contribution in [3.63, 3.8) is 0 Å². The molecule has 0 radical (unpaired) electrons. The molecule has 0 N–H and O–H groups in total. The number of carbonyl (C=O) groups is 1. The van der Waals surface area contributed by atoms with E-state index < -0.39 is 5.76 Å². The molecule has 9 heteroatoms. The molecule has 0 aliphatic carbocycles. The number of oxazole rings is 1. The van der Waals surface area contributed by atoms with Gasteiger partial charge in [0.25, 0.3) is 0 Å². The lowest BCUT2D eigenvalue weighted by molar-refractivity contribution is -0.132. The fourth-order valence-electron chi connectivity index (χ4n) is 4.70. The second-order valence-corrected chi connectivity index (χ2v) is 8.61. The fourth-order valence-corrected chi connectivity index (χ4v) is 4.70. The van der Waals surface area contributed by atoms with Crippen molar-refractivity contribution in [2.75, 3.05) is 13.1 Å². The van der Waals surface area contributed by atoms with Crippen molar-refractivity contribution in [1.29, 1.82) is 0 Å². The highest BCUT2D eigenvalue weighted by molar-refractivity contribution is 5.79. The van der Waals surface area contributed by atoms with Crippen molar-refractivity contribution in [3.8, 4) is 0 Å². The predicted molar refractivity (Wildman–Crippen MR) is 127 cm³/mol.